The highest BCUT2D eigenvalue weighted by Crippen LogP contribution is 2.29. The molecular weight excluding hydrogens is 202 g/mol. The van der Waals surface area contributed by atoms with Crippen LogP contribution in [-0.2, 0) is 0 Å². The van der Waals surface area contributed by atoms with Crippen LogP contribution in [0.1, 0.15) is 5.56 Å². The molecule has 84 valence electrons. The highest BCUT2D eigenvalue weighted by molar-refractivity contribution is 5.91. The molecule has 0 saturated carbocycles. The number of benzene rings is 1. The van der Waals surface area contributed by atoms with E-state index < -0.39 is 0 Å². The van der Waals surface area contributed by atoms with Crippen LogP contribution < -0.4 is 10.2 Å². The average Bonchev–Trinajstić information content (AvgIpc) is 2.75. The highest BCUT2D eigenvalue weighted by Gasteiger charge is 2.18. The normalized spacial score (nSPS) is 16.9. The standard InChI is InChI=1S/C12H15N3O/c1-9-3-2-4-10-11(9)12(16-14-10)15-7-5-13-6-8-15/h2-4,13H,5-8H2,1H3. The molecule has 1 saturated heterocycles. The number of aromatic nitrogens is 1. The maximum absolute atomic E-state index is 5.48. The molecular formula is C12H15N3O. The van der Waals surface area contributed by atoms with Gasteiger partial charge in [-0.05, 0) is 18.6 Å². The average molecular weight is 217 g/mol. The molecule has 0 bridgehead atoms. The minimum atomic E-state index is 0.926. The molecule has 1 aromatic heterocycles. The largest absolute Gasteiger partial charge is 0.338 e. The summed E-state index contributed by atoms with van der Waals surface area (Å²) < 4.78 is 5.48. The molecule has 4 nitrogen and oxygen atoms in total. The number of aryl methyl sites for hydroxylation is 1. The van der Waals surface area contributed by atoms with Gasteiger partial charge in [0.1, 0.15) is 5.52 Å². The van der Waals surface area contributed by atoms with Gasteiger partial charge in [-0.15, -0.1) is 0 Å². The third kappa shape index (κ3) is 1.46. The van der Waals surface area contributed by atoms with Crippen LogP contribution in [0.15, 0.2) is 22.7 Å². The lowest BCUT2D eigenvalue weighted by Gasteiger charge is -2.26. The van der Waals surface area contributed by atoms with Gasteiger partial charge in [0.25, 0.3) is 0 Å². The minimum absolute atomic E-state index is 0.926. The summed E-state index contributed by atoms with van der Waals surface area (Å²) in [5.41, 5.74) is 2.18. The summed E-state index contributed by atoms with van der Waals surface area (Å²) in [5, 5.41) is 8.61. The van der Waals surface area contributed by atoms with Crippen molar-refractivity contribution in [2.45, 2.75) is 6.92 Å². The molecule has 1 fully saturated rings. The zero-order valence-corrected chi connectivity index (χ0v) is 9.36. The fraction of sp³-hybridized carbons (Fsp3) is 0.417. The maximum atomic E-state index is 5.48. The lowest BCUT2D eigenvalue weighted by atomic mass is 10.1. The number of nitrogens with zero attached hydrogens (tertiary/aromatic N) is 2. The first-order valence-electron chi connectivity index (χ1n) is 5.67. The fourth-order valence-corrected chi connectivity index (χ4v) is 2.23. The summed E-state index contributed by atoms with van der Waals surface area (Å²) in [7, 11) is 0. The number of rotatable bonds is 1. The van der Waals surface area contributed by atoms with Crippen LogP contribution in [0.4, 0.5) is 5.88 Å². The molecule has 0 aliphatic carbocycles. The van der Waals surface area contributed by atoms with Gasteiger partial charge < -0.3 is 14.7 Å². The Morgan fingerprint density at radius 1 is 1.31 bits per heavy atom. The van der Waals surface area contributed by atoms with Crippen molar-refractivity contribution in [2.24, 2.45) is 0 Å². The summed E-state index contributed by atoms with van der Waals surface area (Å²) in [6.07, 6.45) is 0. The van der Waals surface area contributed by atoms with Crippen LogP contribution in [0.5, 0.6) is 0 Å². The lowest BCUT2D eigenvalue weighted by Crippen LogP contribution is -2.43. The van der Waals surface area contributed by atoms with Crippen molar-refractivity contribution in [2.75, 3.05) is 31.1 Å². The van der Waals surface area contributed by atoms with E-state index >= 15 is 0 Å². The van der Waals surface area contributed by atoms with Gasteiger partial charge in [-0.2, -0.15) is 0 Å². The summed E-state index contributed by atoms with van der Waals surface area (Å²) in [6.45, 7) is 6.09. The smallest absolute Gasteiger partial charge is 0.235 e. The SMILES string of the molecule is Cc1cccc2noc(N3CCNCC3)c12. The molecule has 4 heteroatoms. The number of piperazine rings is 1. The van der Waals surface area contributed by atoms with E-state index in [2.05, 4.69) is 28.4 Å². The molecule has 0 atom stereocenters. The Balaban J connectivity index is 2.09. The molecule has 1 aromatic carbocycles. The van der Waals surface area contributed by atoms with Crippen molar-refractivity contribution in [3.05, 3.63) is 23.8 Å². The fourth-order valence-electron chi connectivity index (χ4n) is 2.23. The number of hydrogen-bond donors (Lipinski definition) is 1. The summed E-state index contributed by atoms with van der Waals surface area (Å²) in [6, 6.07) is 6.12. The third-order valence-electron chi connectivity index (χ3n) is 3.10. The molecule has 2 heterocycles. The van der Waals surface area contributed by atoms with Gasteiger partial charge in [0.05, 0.1) is 5.39 Å². The molecule has 0 spiro atoms. The Morgan fingerprint density at radius 2 is 2.12 bits per heavy atom. The molecule has 2 aromatic rings. The Bertz CT molecular complexity index is 500. The molecule has 1 aliphatic heterocycles. The van der Waals surface area contributed by atoms with E-state index in [1.165, 1.54) is 5.56 Å². The van der Waals surface area contributed by atoms with E-state index in [0.717, 1.165) is 43.0 Å². The summed E-state index contributed by atoms with van der Waals surface area (Å²) in [4.78, 5) is 2.26. The van der Waals surface area contributed by atoms with E-state index in [4.69, 9.17) is 4.52 Å². The first-order chi connectivity index (χ1) is 7.86. The second kappa shape index (κ2) is 3.79. The number of hydrogen-bond acceptors (Lipinski definition) is 4. The van der Waals surface area contributed by atoms with E-state index in [1.807, 2.05) is 12.1 Å². The van der Waals surface area contributed by atoms with E-state index in [0.29, 0.717) is 0 Å². The van der Waals surface area contributed by atoms with Gasteiger partial charge in [-0.25, -0.2) is 0 Å². The predicted octanol–water partition coefficient (Wildman–Crippen LogP) is 1.55. The van der Waals surface area contributed by atoms with Crippen LogP contribution in [0, 0.1) is 6.92 Å². The van der Waals surface area contributed by atoms with E-state index in [1.54, 1.807) is 0 Å². The first kappa shape index (κ1) is 9.66. The zero-order chi connectivity index (χ0) is 11.0. The quantitative estimate of drug-likeness (QED) is 0.786. The topological polar surface area (TPSA) is 41.3 Å². The number of nitrogens with one attached hydrogen (secondary N) is 1. The Kier molecular flexibility index (Phi) is 2.29. The second-order valence-electron chi connectivity index (χ2n) is 4.19. The minimum Gasteiger partial charge on any atom is -0.338 e. The molecule has 1 aliphatic rings. The van der Waals surface area contributed by atoms with Crippen molar-refractivity contribution in [1.29, 1.82) is 0 Å². The molecule has 1 N–H and O–H groups in total. The number of fused-ring (bicyclic) bond motifs is 1. The van der Waals surface area contributed by atoms with Crippen molar-refractivity contribution in [3.63, 3.8) is 0 Å². The molecule has 0 unspecified atom stereocenters. The maximum Gasteiger partial charge on any atom is 0.235 e. The Labute approximate surface area is 94.2 Å². The van der Waals surface area contributed by atoms with Gasteiger partial charge in [0.15, 0.2) is 0 Å². The van der Waals surface area contributed by atoms with Crippen LogP contribution in [-0.4, -0.2) is 31.3 Å². The van der Waals surface area contributed by atoms with Crippen LogP contribution >= 0.6 is 0 Å². The van der Waals surface area contributed by atoms with Crippen LogP contribution in [0.2, 0.25) is 0 Å². The van der Waals surface area contributed by atoms with E-state index in [9.17, 15) is 0 Å². The van der Waals surface area contributed by atoms with Crippen molar-refractivity contribution < 1.29 is 4.52 Å². The zero-order valence-electron chi connectivity index (χ0n) is 9.36. The summed E-state index contributed by atoms with van der Waals surface area (Å²) in [5.74, 6) is 0.926. The Morgan fingerprint density at radius 3 is 2.94 bits per heavy atom. The van der Waals surface area contributed by atoms with Gasteiger partial charge in [0.2, 0.25) is 5.88 Å². The van der Waals surface area contributed by atoms with Crippen molar-refractivity contribution >= 4 is 16.8 Å². The van der Waals surface area contributed by atoms with E-state index in [-0.39, 0.29) is 0 Å². The Hall–Kier alpha value is -1.55. The lowest BCUT2D eigenvalue weighted by molar-refractivity contribution is 0.414. The predicted molar refractivity (Wildman–Crippen MR) is 63.8 cm³/mol. The molecule has 3 rings (SSSR count). The first-order valence-corrected chi connectivity index (χ1v) is 5.67. The monoisotopic (exact) mass is 217 g/mol. The summed E-state index contributed by atoms with van der Waals surface area (Å²) >= 11 is 0. The molecule has 0 amide bonds. The van der Waals surface area contributed by atoms with Crippen molar-refractivity contribution in [3.8, 4) is 0 Å². The van der Waals surface area contributed by atoms with Crippen LogP contribution in [0.25, 0.3) is 10.9 Å². The number of anilines is 1. The third-order valence-corrected chi connectivity index (χ3v) is 3.10. The van der Waals surface area contributed by atoms with Gasteiger partial charge >= 0.3 is 0 Å². The van der Waals surface area contributed by atoms with Gasteiger partial charge in [0, 0.05) is 26.2 Å². The molecule has 0 radical (unpaired) electrons. The highest BCUT2D eigenvalue weighted by atomic mass is 16.5. The molecule has 16 heavy (non-hydrogen) atoms. The second-order valence-corrected chi connectivity index (χ2v) is 4.19. The van der Waals surface area contributed by atoms with Gasteiger partial charge in [-0.3, -0.25) is 0 Å². The van der Waals surface area contributed by atoms with Gasteiger partial charge in [-0.1, -0.05) is 17.3 Å². The van der Waals surface area contributed by atoms with Crippen molar-refractivity contribution in [1.82, 2.24) is 10.5 Å². The van der Waals surface area contributed by atoms with Crippen LogP contribution in [0.3, 0.4) is 0 Å².